The summed E-state index contributed by atoms with van der Waals surface area (Å²) in [5, 5.41) is 0.679. The SMILES string of the molecule is COc1ccc(CSC(C)C(C)C)cc1CN. The van der Waals surface area contributed by atoms with Gasteiger partial charge in [-0.2, -0.15) is 11.8 Å². The predicted octanol–water partition coefficient (Wildman–Crippen LogP) is 3.43. The standard InChI is InChI=1S/C14H23NOS/c1-10(2)11(3)17-9-12-5-6-14(16-4)13(7-12)8-15/h5-7,10-11H,8-9,15H2,1-4H3. The maximum Gasteiger partial charge on any atom is 0.123 e. The van der Waals surface area contributed by atoms with Crippen LogP contribution in [0.25, 0.3) is 0 Å². The first-order chi connectivity index (χ1) is 8.08. The Balaban J connectivity index is 2.66. The monoisotopic (exact) mass is 253 g/mol. The van der Waals surface area contributed by atoms with Gasteiger partial charge in [0.1, 0.15) is 5.75 Å². The molecule has 0 bridgehead atoms. The summed E-state index contributed by atoms with van der Waals surface area (Å²) in [6.07, 6.45) is 0. The van der Waals surface area contributed by atoms with E-state index in [4.69, 9.17) is 10.5 Å². The average Bonchev–Trinajstić information content (AvgIpc) is 2.35. The van der Waals surface area contributed by atoms with Gasteiger partial charge in [-0.05, 0) is 23.6 Å². The first-order valence-corrected chi connectivity index (χ1v) is 7.10. The molecule has 1 unspecified atom stereocenters. The summed E-state index contributed by atoms with van der Waals surface area (Å²) in [7, 11) is 1.68. The molecule has 0 aliphatic heterocycles. The zero-order valence-electron chi connectivity index (χ0n) is 11.2. The van der Waals surface area contributed by atoms with Gasteiger partial charge in [0.05, 0.1) is 7.11 Å². The number of hydrogen-bond donors (Lipinski definition) is 1. The van der Waals surface area contributed by atoms with Crippen molar-refractivity contribution < 1.29 is 4.74 Å². The van der Waals surface area contributed by atoms with Gasteiger partial charge in [-0.1, -0.05) is 26.8 Å². The number of methoxy groups -OCH3 is 1. The summed E-state index contributed by atoms with van der Waals surface area (Å²) in [5.74, 6) is 2.64. The minimum atomic E-state index is 0.529. The third-order valence-electron chi connectivity index (χ3n) is 3.02. The van der Waals surface area contributed by atoms with E-state index in [0.717, 1.165) is 17.1 Å². The van der Waals surface area contributed by atoms with Gasteiger partial charge in [-0.15, -0.1) is 0 Å². The molecule has 17 heavy (non-hydrogen) atoms. The molecule has 2 nitrogen and oxygen atoms in total. The molecule has 0 aromatic heterocycles. The van der Waals surface area contributed by atoms with Crippen LogP contribution in [0.3, 0.4) is 0 Å². The normalized spacial score (nSPS) is 12.8. The Kier molecular flexibility index (Phi) is 5.86. The van der Waals surface area contributed by atoms with Crippen LogP contribution in [-0.4, -0.2) is 12.4 Å². The van der Waals surface area contributed by atoms with E-state index in [0.29, 0.717) is 17.7 Å². The topological polar surface area (TPSA) is 35.2 Å². The molecule has 1 aromatic carbocycles. The summed E-state index contributed by atoms with van der Waals surface area (Å²) >= 11 is 1.99. The van der Waals surface area contributed by atoms with E-state index >= 15 is 0 Å². The van der Waals surface area contributed by atoms with Crippen molar-refractivity contribution in [3.63, 3.8) is 0 Å². The number of benzene rings is 1. The zero-order chi connectivity index (χ0) is 12.8. The second-order valence-electron chi connectivity index (χ2n) is 4.61. The van der Waals surface area contributed by atoms with Gasteiger partial charge >= 0.3 is 0 Å². The van der Waals surface area contributed by atoms with Crippen molar-refractivity contribution in [1.82, 2.24) is 0 Å². The maximum absolute atomic E-state index is 5.71. The molecule has 0 amide bonds. The van der Waals surface area contributed by atoms with Crippen molar-refractivity contribution in [2.45, 2.75) is 38.3 Å². The van der Waals surface area contributed by atoms with E-state index in [2.05, 4.69) is 32.9 Å². The van der Waals surface area contributed by atoms with E-state index in [1.165, 1.54) is 5.56 Å². The van der Waals surface area contributed by atoms with Gasteiger partial charge in [0, 0.05) is 23.1 Å². The lowest BCUT2D eigenvalue weighted by atomic mass is 10.1. The number of ether oxygens (including phenoxy) is 1. The van der Waals surface area contributed by atoms with Crippen LogP contribution in [0, 0.1) is 5.92 Å². The van der Waals surface area contributed by atoms with Crippen molar-refractivity contribution in [2.75, 3.05) is 7.11 Å². The summed E-state index contributed by atoms with van der Waals surface area (Å²) in [5.41, 5.74) is 8.12. The first kappa shape index (κ1) is 14.4. The fraction of sp³-hybridized carbons (Fsp3) is 0.571. The highest BCUT2D eigenvalue weighted by Crippen LogP contribution is 2.26. The lowest BCUT2D eigenvalue weighted by Crippen LogP contribution is -2.06. The molecule has 1 atom stereocenters. The van der Waals surface area contributed by atoms with Gasteiger partial charge in [-0.25, -0.2) is 0 Å². The highest BCUT2D eigenvalue weighted by molar-refractivity contribution is 7.99. The van der Waals surface area contributed by atoms with E-state index < -0.39 is 0 Å². The molecule has 0 saturated heterocycles. The van der Waals surface area contributed by atoms with Crippen LogP contribution < -0.4 is 10.5 Å². The van der Waals surface area contributed by atoms with Crippen LogP contribution in [0.15, 0.2) is 18.2 Å². The van der Waals surface area contributed by atoms with Crippen LogP contribution in [0.2, 0.25) is 0 Å². The smallest absolute Gasteiger partial charge is 0.123 e. The Morgan fingerprint density at radius 1 is 1.29 bits per heavy atom. The van der Waals surface area contributed by atoms with Gasteiger partial charge in [0.25, 0.3) is 0 Å². The second-order valence-corrected chi connectivity index (χ2v) is 5.98. The molecule has 0 aliphatic rings. The van der Waals surface area contributed by atoms with Gasteiger partial charge in [-0.3, -0.25) is 0 Å². The summed E-state index contributed by atoms with van der Waals surface area (Å²) < 4.78 is 5.27. The molecule has 0 radical (unpaired) electrons. The molecule has 0 spiro atoms. The molecular formula is C14H23NOS. The minimum absolute atomic E-state index is 0.529. The molecule has 0 fully saturated rings. The Labute approximate surface area is 109 Å². The average molecular weight is 253 g/mol. The Morgan fingerprint density at radius 2 is 2.00 bits per heavy atom. The fourth-order valence-electron chi connectivity index (χ4n) is 1.50. The third kappa shape index (κ3) is 4.25. The van der Waals surface area contributed by atoms with Crippen LogP contribution in [0.5, 0.6) is 5.75 Å². The largest absolute Gasteiger partial charge is 0.496 e. The molecule has 2 N–H and O–H groups in total. The van der Waals surface area contributed by atoms with Crippen LogP contribution in [0.1, 0.15) is 31.9 Å². The molecule has 0 saturated carbocycles. The van der Waals surface area contributed by atoms with Gasteiger partial charge in [0.15, 0.2) is 0 Å². The molecule has 1 rings (SSSR count). The number of rotatable bonds is 6. The lowest BCUT2D eigenvalue weighted by molar-refractivity contribution is 0.409. The number of thioether (sulfide) groups is 1. The highest BCUT2D eigenvalue weighted by Gasteiger charge is 2.08. The number of hydrogen-bond acceptors (Lipinski definition) is 3. The van der Waals surface area contributed by atoms with Gasteiger partial charge < -0.3 is 10.5 Å². The maximum atomic E-state index is 5.71. The molecular weight excluding hydrogens is 230 g/mol. The molecule has 0 aliphatic carbocycles. The minimum Gasteiger partial charge on any atom is -0.496 e. The van der Waals surface area contributed by atoms with E-state index in [-0.39, 0.29) is 0 Å². The number of nitrogens with two attached hydrogens (primary N) is 1. The van der Waals surface area contributed by atoms with Crippen molar-refractivity contribution in [3.05, 3.63) is 29.3 Å². The van der Waals surface area contributed by atoms with Crippen LogP contribution in [0.4, 0.5) is 0 Å². The molecule has 1 aromatic rings. The van der Waals surface area contributed by atoms with E-state index in [1.54, 1.807) is 7.11 Å². The summed E-state index contributed by atoms with van der Waals surface area (Å²) in [6.45, 7) is 7.33. The van der Waals surface area contributed by atoms with Crippen LogP contribution in [-0.2, 0) is 12.3 Å². The zero-order valence-corrected chi connectivity index (χ0v) is 12.0. The third-order valence-corrected chi connectivity index (χ3v) is 4.59. The van der Waals surface area contributed by atoms with E-state index in [1.807, 2.05) is 17.8 Å². The summed E-state index contributed by atoms with van der Waals surface area (Å²) in [6, 6.07) is 6.29. The quantitative estimate of drug-likeness (QED) is 0.843. The molecule has 96 valence electrons. The Morgan fingerprint density at radius 3 is 2.53 bits per heavy atom. The molecule has 3 heteroatoms. The Hall–Kier alpha value is -0.670. The second kappa shape index (κ2) is 6.92. The molecule has 0 heterocycles. The van der Waals surface area contributed by atoms with E-state index in [9.17, 15) is 0 Å². The summed E-state index contributed by atoms with van der Waals surface area (Å²) in [4.78, 5) is 0. The fourth-order valence-corrected chi connectivity index (χ4v) is 2.52. The van der Waals surface area contributed by atoms with Crippen molar-refractivity contribution in [2.24, 2.45) is 11.7 Å². The van der Waals surface area contributed by atoms with Gasteiger partial charge in [0.2, 0.25) is 0 Å². The van der Waals surface area contributed by atoms with Crippen molar-refractivity contribution >= 4 is 11.8 Å². The predicted molar refractivity (Wildman–Crippen MR) is 76.5 cm³/mol. The van der Waals surface area contributed by atoms with Crippen molar-refractivity contribution in [1.29, 1.82) is 0 Å². The highest BCUT2D eigenvalue weighted by atomic mass is 32.2. The Bertz CT molecular complexity index is 352. The van der Waals surface area contributed by atoms with Crippen LogP contribution >= 0.6 is 11.8 Å². The lowest BCUT2D eigenvalue weighted by Gasteiger charge is -2.15. The van der Waals surface area contributed by atoms with Crippen molar-refractivity contribution in [3.8, 4) is 5.75 Å². The first-order valence-electron chi connectivity index (χ1n) is 6.06.